The summed E-state index contributed by atoms with van der Waals surface area (Å²) in [6.45, 7) is 2.55. The first-order chi connectivity index (χ1) is 9.16. The minimum Gasteiger partial charge on any atom is -0.479 e. The molecule has 2 aliphatic rings. The molecule has 108 valence electrons. The molecule has 1 atom stereocenters. The number of carbonyl (C=O) groups excluding carboxylic acids is 1. The smallest absolute Gasteiger partial charge is 0.334 e. The lowest BCUT2D eigenvalue weighted by Gasteiger charge is -2.31. The number of morpholine rings is 1. The number of rotatable bonds is 4. The number of ether oxygens (including phenoxy) is 2. The van der Waals surface area contributed by atoms with E-state index in [0.29, 0.717) is 25.5 Å². The summed E-state index contributed by atoms with van der Waals surface area (Å²) in [4.78, 5) is 24.5. The second-order valence-electron chi connectivity index (χ2n) is 5.13. The Balaban J connectivity index is 1.74. The zero-order valence-corrected chi connectivity index (χ0v) is 11.0. The molecule has 0 aliphatic carbocycles. The van der Waals surface area contributed by atoms with E-state index in [1.807, 2.05) is 0 Å². The predicted molar refractivity (Wildman–Crippen MR) is 66.7 cm³/mol. The largest absolute Gasteiger partial charge is 0.479 e. The summed E-state index contributed by atoms with van der Waals surface area (Å²) in [7, 11) is 0. The zero-order chi connectivity index (χ0) is 13.7. The molecule has 6 nitrogen and oxygen atoms in total. The average molecular weight is 271 g/mol. The van der Waals surface area contributed by atoms with Gasteiger partial charge < -0.3 is 19.5 Å². The molecule has 0 radical (unpaired) electrons. The van der Waals surface area contributed by atoms with E-state index in [1.165, 1.54) is 0 Å². The van der Waals surface area contributed by atoms with E-state index in [0.717, 1.165) is 32.5 Å². The van der Waals surface area contributed by atoms with Crippen LogP contribution in [0.3, 0.4) is 0 Å². The summed E-state index contributed by atoms with van der Waals surface area (Å²) < 4.78 is 10.4. The van der Waals surface area contributed by atoms with Crippen LogP contribution in [0, 0.1) is 5.92 Å². The first-order valence-electron chi connectivity index (χ1n) is 6.86. The van der Waals surface area contributed by atoms with Crippen molar-refractivity contribution < 1.29 is 24.2 Å². The van der Waals surface area contributed by atoms with Crippen molar-refractivity contribution in [3.05, 3.63) is 0 Å². The van der Waals surface area contributed by atoms with Gasteiger partial charge in [-0.15, -0.1) is 0 Å². The van der Waals surface area contributed by atoms with Gasteiger partial charge in [-0.05, 0) is 25.2 Å². The van der Waals surface area contributed by atoms with Gasteiger partial charge in [-0.2, -0.15) is 0 Å². The molecule has 0 aromatic carbocycles. The van der Waals surface area contributed by atoms with Gasteiger partial charge in [0.1, 0.15) is 0 Å². The maximum Gasteiger partial charge on any atom is 0.334 e. The van der Waals surface area contributed by atoms with Crippen LogP contribution in [0.4, 0.5) is 0 Å². The van der Waals surface area contributed by atoms with Crippen molar-refractivity contribution in [1.29, 1.82) is 0 Å². The number of nitrogens with zero attached hydrogens (tertiary/aromatic N) is 1. The number of carboxylic acids is 1. The van der Waals surface area contributed by atoms with Crippen molar-refractivity contribution in [2.75, 3.05) is 32.9 Å². The summed E-state index contributed by atoms with van der Waals surface area (Å²) in [6, 6.07) is 0. The van der Waals surface area contributed by atoms with Gasteiger partial charge in [-0.3, -0.25) is 4.79 Å². The van der Waals surface area contributed by atoms with Crippen molar-refractivity contribution in [2.45, 2.75) is 31.8 Å². The van der Waals surface area contributed by atoms with Crippen molar-refractivity contribution >= 4 is 11.9 Å². The maximum absolute atomic E-state index is 12.1. The van der Waals surface area contributed by atoms with Crippen LogP contribution in [-0.2, 0) is 19.1 Å². The standard InChI is InChI=1S/C13H21NO5/c15-12(2-1-10-3-6-18-7-4-10)14-5-8-19-11(9-14)13(16)17/h10-11H,1-9H2,(H,16,17). The summed E-state index contributed by atoms with van der Waals surface area (Å²) >= 11 is 0. The van der Waals surface area contributed by atoms with Crippen molar-refractivity contribution in [3.63, 3.8) is 0 Å². The van der Waals surface area contributed by atoms with Gasteiger partial charge in [-0.25, -0.2) is 4.79 Å². The molecular weight excluding hydrogens is 250 g/mol. The Hall–Kier alpha value is -1.14. The Morgan fingerprint density at radius 1 is 1.21 bits per heavy atom. The predicted octanol–water partition coefficient (Wildman–Crippen LogP) is 0.505. The molecule has 0 bridgehead atoms. The molecule has 1 unspecified atom stereocenters. The Bertz CT molecular complexity index is 327. The Labute approximate surface area is 112 Å². The topological polar surface area (TPSA) is 76.1 Å². The lowest BCUT2D eigenvalue weighted by molar-refractivity contribution is -0.159. The molecule has 0 aromatic rings. The van der Waals surface area contributed by atoms with Gasteiger partial charge in [0.15, 0.2) is 6.10 Å². The number of carbonyl (C=O) groups is 2. The van der Waals surface area contributed by atoms with Crippen LogP contribution < -0.4 is 0 Å². The van der Waals surface area contributed by atoms with E-state index in [1.54, 1.807) is 4.90 Å². The maximum atomic E-state index is 12.1. The normalized spacial score (nSPS) is 25.3. The molecular formula is C13H21NO5. The molecule has 2 aliphatic heterocycles. The van der Waals surface area contributed by atoms with Gasteiger partial charge in [0, 0.05) is 26.2 Å². The quantitative estimate of drug-likeness (QED) is 0.806. The minimum absolute atomic E-state index is 0.0426. The highest BCUT2D eigenvalue weighted by molar-refractivity contribution is 5.78. The summed E-state index contributed by atoms with van der Waals surface area (Å²) in [5.74, 6) is -0.392. The van der Waals surface area contributed by atoms with Gasteiger partial charge in [0.05, 0.1) is 13.2 Å². The molecule has 19 heavy (non-hydrogen) atoms. The van der Waals surface area contributed by atoms with Crippen LogP contribution >= 0.6 is 0 Å². The Morgan fingerprint density at radius 2 is 1.95 bits per heavy atom. The summed E-state index contributed by atoms with van der Waals surface area (Å²) in [5, 5.41) is 8.89. The van der Waals surface area contributed by atoms with Gasteiger partial charge in [-0.1, -0.05) is 0 Å². The molecule has 0 aromatic heterocycles. The molecule has 6 heteroatoms. The summed E-state index contributed by atoms with van der Waals surface area (Å²) in [6.07, 6.45) is 2.54. The average Bonchev–Trinajstić information content (AvgIpc) is 2.46. The number of carboxylic acid groups (broad SMARTS) is 1. The number of hydrogen-bond donors (Lipinski definition) is 1. The van der Waals surface area contributed by atoms with Crippen molar-refractivity contribution in [3.8, 4) is 0 Å². The molecule has 2 fully saturated rings. The van der Waals surface area contributed by atoms with Crippen LogP contribution in [0.2, 0.25) is 0 Å². The fraction of sp³-hybridized carbons (Fsp3) is 0.846. The lowest BCUT2D eigenvalue weighted by atomic mass is 9.94. The molecule has 1 amide bonds. The highest BCUT2D eigenvalue weighted by atomic mass is 16.5. The van der Waals surface area contributed by atoms with E-state index >= 15 is 0 Å². The lowest BCUT2D eigenvalue weighted by Crippen LogP contribution is -2.48. The molecule has 2 rings (SSSR count). The first kappa shape index (κ1) is 14.3. The number of amides is 1. The first-order valence-corrected chi connectivity index (χ1v) is 6.86. The second-order valence-corrected chi connectivity index (χ2v) is 5.13. The van der Waals surface area contributed by atoms with Crippen molar-refractivity contribution in [2.24, 2.45) is 5.92 Å². The third-order valence-corrected chi connectivity index (χ3v) is 3.80. The van der Waals surface area contributed by atoms with E-state index in [4.69, 9.17) is 14.6 Å². The molecule has 2 saturated heterocycles. The minimum atomic E-state index is -0.998. The fourth-order valence-corrected chi connectivity index (χ4v) is 2.55. The Morgan fingerprint density at radius 3 is 2.63 bits per heavy atom. The van der Waals surface area contributed by atoms with E-state index in [9.17, 15) is 9.59 Å². The SMILES string of the molecule is O=C(O)C1CN(C(=O)CCC2CCOCC2)CCO1. The van der Waals surface area contributed by atoms with E-state index in [-0.39, 0.29) is 12.5 Å². The van der Waals surface area contributed by atoms with Crippen molar-refractivity contribution in [1.82, 2.24) is 4.90 Å². The van der Waals surface area contributed by atoms with Crippen LogP contribution in [0.5, 0.6) is 0 Å². The number of aliphatic carboxylic acids is 1. The number of hydrogen-bond acceptors (Lipinski definition) is 4. The van der Waals surface area contributed by atoms with Crippen LogP contribution in [0.25, 0.3) is 0 Å². The van der Waals surface area contributed by atoms with Gasteiger partial charge in [0.2, 0.25) is 5.91 Å². The monoisotopic (exact) mass is 271 g/mol. The molecule has 2 heterocycles. The van der Waals surface area contributed by atoms with Crippen LogP contribution in [0.15, 0.2) is 0 Å². The third kappa shape index (κ3) is 4.18. The highest BCUT2D eigenvalue weighted by Gasteiger charge is 2.29. The van der Waals surface area contributed by atoms with E-state index in [2.05, 4.69) is 0 Å². The zero-order valence-electron chi connectivity index (χ0n) is 11.0. The third-order valence-electron chi connectivity index (χ3n) is 3.80. The molecule has 1 N–H and O–H groups in total. The van der Waals surface area contributed by atoms with Gasteiger partial charge >= 0.3 is 5.97 Å². The fourth-order valence-electron chi connectivity index (χ4n) is 2.55. The van der Waals surface area contributed by atoms with Crippen LogP contribution in [-0.4, -0.2) is 60.9 Å². The van der Waals surface area contributed by atoms with Crippen LogP contribution in [0.1, 0.15) is 25.7 Å². The Kier molecular flexibility index (Phi) is 5.15. The molecule has 0 spiro atoms. The van der Waals surface area contributed by atoms with Gasteiger partial charge in [0.25, 0.3) is 0 Å². The molecule has 0 saturated carbocycles. The summed E-state index contributed by atoms with van der Waals surface area (Å²) in [5.41, 5.74) is 0. The van der Waals surface area contributed by atoms with E-state index < -0.39 is 12.1 Å². The highest BCUT2D eigenvalue weighted by Crippen LogP contribution is 2.20. The second kappa shape index (κ2) is 6.86.